The minimum atomic E-state index is -0.645. The lowest BCUT2D eigenvalue weighted by atomic mass is 9.82. The van der Waals surface area contributed by atoms with E-state index in [2.05, 4.69) is 16.7 Å². The first-order chi connectivity index (χ1) is 9.65. The summed E-state index contributed by atoms with van der Waals surface area (Å²) in [4.78, 5) is 13.4. The second kappa shape index (κ2) is 6.87. The lowest BCUT2D eigenvalue weighted by Crippen LogP contribution is -2.54. The Kier molecular flexibility index (Phi) is 5.16. The SMILES string of the molecule is C[C@H](NCc1cccs1)C(=O)NC1(C#N)CCCCC1. The highest BCUT2D eigenvalue weighted by atomic mass is 32.1. The number of hydrogen-bond donors (Lipinski definition) is 2. The minimum Gasteiger partial charge on any atom is -0.336 e. The molecule has 0 unspecified atom stereocenters. The van der Waals surface area contributed by atoms with Crippen LogP contribution in [0.5, 0.6) is 0 Å². The quantitative estimate of drug-likeness (QED) is 0.876. The third-order valence-electron chi connectivity index (χ3n) is 3.84. The Bertz CT molecular complexity index is 472. The molecule has 5 heteroatoms. The van der Waals surface area contributed by atoms with E-state index < -0.39 is 5.54 Å². The molecular formula is C15H21N3OS. The van der Waals surface area contributed by atoms with Gasteiger partial charge >= 0.3 is 0 Å². The lowest BCUT2D eigenvalue weighted by Gasteiger charge is -2.32. The molecule has 2 N–H and O–H groups in total. The van der Waals surface area contributed by atoms with Gasteiger partial charge in [0.1, 0.15) is 5.54 Å². The molecule has 1 heterocycles. The van der Waals surface area contributed by atoms with Crippen molar-refractivity contribution in [3.05, 3.63) is 22.4 Å². The third kappa shape index (κ3) is 3.81. The number of carbonyl (C=O) groups is 1. The van der Waals surface area contributed by atoms with Gasteiger partial charge in [-0.25, -0.2) is 0 Å². The van der Waals surface area contributed by atoms with Crippen molar-refractivity contribution in [2.24, 2.45) is 0 Å². The summed E-state index contributed by atoms with van der Waals surface area (Å²) in [6.45, 7) is 2.53. The standard InChI is InChI=1S/C15H21N3OS/c1-12(17-10-13-6-5-9-20-13)14(19)18-15(11-16)7-3-2-4-8-15/h5-6,9,12,17H,2-4,7-8,10H2,1H3,(H,18,19)/t12-/m0/s1. The van der Waals surface area contributed by atoms with E-state index in [-0.39, 0.29) is 11.9 Å². The van der Waals surface area contributed by atoms with Crippen LogP contribution < -0.4 is 10.6 Å². The fourth-order valence-corrected chi connectivity index (χ4v) is 3.18. The number of amides is 1. The summed E-state index contributed by atoms with van der Waals surface area (Å²) in [5.74, 6) is -0.0787. The summed E-state index contributed by atoms with van der Waals surface area (Å²) < 4.78 is 0. The van der Waals surface area contributed by atoms with Crippen LogP contribution in [0.4, 0.5) is 0 Å². The molecule has 2 rings (SSSR count). The highest BCUT2D eigenvalue weighted by Crippen LogP contribution is 2.27. The first-order valence-electron chi connectivity index (χ1n) is 7.14. The molecule has 4 nitrogen and oxygen atoms in total. The fourth-order valence-electron chi connectivity index (χ4n) is 2.52. The van der Waals surface area contributed by atoms with Gasteiger partial charge in [-0.1, -0.05) is 25.3 Å². The van der Waals surface area contributed by atoms with Crippen LogP contribution in [0, 0.1) is 11.3 Å². The highest BCUT2D eigenvalue weighted by Gasteiger charge is 2.34. The summed E-state index contributed by atoms with van der Waals surface area (Å²) in [5.41, 5.74) is -0.645. The molecule has 1 fully saturated rings. The maximum Gasteiger partial charge on any atom is 0.238 e. The molecule has 0 aromatic carbocycles. The Hall–Kier alpha value is -1.38. The second-order valence-corrected chi connectivity index (χ2v) is 6.46. The topological polar surface area (TPSA) is 64.9 Å². The molecule has 1 atom stereocenters. The van der Waals surface area contributed by atoms with Gasteiger partial charge in [0.15, 0.2) is 0 Å². The van der Waals surface area contributed by atoms with E-state index in [1.165, 1.54) is 4.88 Å². The van der Waals surface area contributed by atoms with Crippen LogP contribution in [0.2, 0.25) is 0 Å². The van der Waals surface area contributed by atoms with Gasteiger partial charge in [0.25, 0.3) is 0 Å². The highest BCUT2D eigenvalue weighted by molar-refractivity contribution is 7.09. The number of thiophene rings is 1. The van der Waals surface area contributed by atoms with Crippen LogP contribution in [0.1, 0.15) is 43.9 Å². The van der Waals surface area contributed by atoms with Crippen molar-refractivity contribution < 1.29 is 4.79 Å². The number of carbonyl (C=O) groups excluding carboxylic acids is 1. The number of hydrogen-bond acceptors (Lipinski definition) is 4. The number of nitrogens with zero attached hydrogens (tertiary/aromatic N) is 1. The average Bonchev–Trinajstić information content (AvgIpc) is 2.99. The molecule has 1 aromatic heterocycles. The molecule has 0 spiro atoms. The molecule has 0 bridgehead atoms. The molecule has 108 valence electrons. The van der Waals surface area contributed by atoms with E-state index >= 15 is 0 Å². The Morgan fingerprint density at radius 2 is 2.25 bits per heavy atom. The molecule has 1 amide bonds. The van der Waals surface area contributed by atoms with Crippen molar-refractivity contribution in [1.29, 1.82) is 5.26 Å². The van der Waals surface area contributed by atoms with Crippen LogP contribution in [-0.4, -0.2) is 17.5 Å². The summed E-state index contributed by atoms with van der Waals surface area (Å²) in [6.07, 6.45) is 4.74. The van der Waals surface area contributed by atoms with E-state index in [0.29, 0.717) is 6.54 Å². The van der Waals surface area contributed by atoms with Gasteiger partial charge in [-0.2, -0.15) is 5.26 Å². The summed E-state index contributed by atoms with van der Waals surface area (Å²) in [6, 6.07) is 6.07. The lowest BCUT2D eigenvalue weighted by molar-refractivity contribution is -0.124. The second-order valence-electron chi connectivity index (χ2n) is 5.43. The van der Waals surface area contributed by atoms with E-state index in [0.717, 1.165) is 32.1 Å². The third-order valence-corrected chi connectivity index (χ3v) is 4.72. The molecule has 1 aromatic rings. The molecule has 1 saturated carbocycles. The van der Waals surface area contributed by atoms with Crippen molar-refractivity contribution in [3.63, 3.8) is 0 Å². The minimum absolute atomic E-state index is 0.0787. The van der Waals surface area contributed by atoms with Crippen molar-refractivity contribution >= 4 is 17.2 Å². The Morgan fingerprint density at radius 1 is 1.50 bits per heavy atom. The normalized spacial score (nSPS) is 19.0. The zero-order chi connectivity index (χ0) is 14.4. The Labute approximate surface area is 124 Å². The molecule has 0 aliphatic heterocycles. The maximum atomic E-state index is 12.2. The Balaban J connectivity index is 1.85. The molecule has 0 saturated heterocycles. The maximum absolute atomic E-state index is 12.2. The number of rotatable bonds is 5. The van der Waals surface area contributed by atoms with Gasteiger partial charge in [0, 0.05) is 11.4 Å². The van der Waals surface area contributed by atoms with Crippen LogP contribution in [0.3, 0.4) is 0 Å². The summed E-state index contributed by atoms with van der Waals surface area (Å²) in [5, 5.41) is 17.5. The fraction of sp³-hybridized carbons (Fsp3) is 0.600. The molecule has 1 aliphatic carbocycles. The van der Waals surface area contributed by atoms with E-state index in [1.807, 2.05) is 24.4 Å². The predicted molar refractivity (Wildman–Crippen MR) is 80.2 cm³/mol. The van der Waals surface area contributed by atoms with Crippen LogP contribution >= 0.6 is 11.3 Å². The zero-order valence-corrected chi connectivity index (χ0v) is 12.6. The van der Waals surface area contributed by atoms with Crippen molar-refractivity contribution in [2.45, 2.75) is 57.2 Å². The van der Waals surface area contributed by atoms with Crippen molar-refractivity contribution in [1.82, 2.24) is 10.6 Å². The van der Waals surface area contributed by atoms with Crippen LogP contribution in [0.25, 0.3) is 0 Å². The number of nitrogens with one attached hydrogen (secondary N) is 2. The van der Waals surface area contributed by atoms with Crippen LogP contribution in [-0.2, 0) is 11.3 Å². The van der Waals surface area contributed by atoms with Crippen molar-refractivity contribution in [2.75, 3.05) is 0 Å². The van der Waals surface area contributed by atoms with E-state index in [9.17, 15) is 10.1 Å². The monoisotopic (exact) mass is 291 g/mol. The van der Waals surface area contributed by atoms with Crippen LogP contribution in [0.15, 0.2) is 17.5 Å². The van der Waals surface area contributed by atoms with Gasteiger partial charge in [-0.3, -0.25) is 4.79 Å². The van der Waals surface area contributed by atoms with Gasteiger partial charge in [0.05, 0.1) is 12.1 Å². The van der Waals surface area contributed by atoms with Gasteiger partial charge in [-0.05, 0) is 31.2 Å². The first-order valence-corrected chi connectivity index (χ1v) is 8.02. The molecular weight excluding hydrogens is 270 g/mol. The molecule has 1 aliphatic rings. The summed E-state index contributed by atoms with van der Waals surface area (Å²) in [7, 11) is 0. The first kappa shape index (κ1) is 15.0. The van der Waals surface area contributed by atoms with Gasteiger partial charge in [0.2, 0.25) is 5.91 Å². The molecule has 0 radical (unpaired) electrons. The van der Waals surface area contributed by atoms with Gasteiger partial charge < -0.3 is 10.6 Å². The average molecular weight is 291 g/mol. The summed E-state index contributed by atoms with van der Waals surface area (Å²) >= 11 is 1.67. The zero-order valence-electron chi connectivity index (χ0n) is 11.8. The smallest absolute Gasteiger partial charge is 0.238 e. The van der Waals surface area contributed by atoms with Gasteiger partial charge in [-0.15, -0.1) is 11.3 Å². The number of nitriles is 1. The Morgan fingerprint density at radius 3 is 2.85 bits per heavy atom. The van der Waals surface area contributed by atoms with E-state index in [1.54, 1.807) is 11.3 Å². The largest absolute Gasteiger partial charge is 0.336 e. The van der Waals surface area contributed by atoms with Crippen molar-refractivity contribution in [3.8, 4) is 6.07 Å². The van der Waals surface area contributed by atoms with E-state index in [4.69, 9.17) is 0 Å². The predicted octanol–water partition coefficient (Wildman–Crippen LogP) is 2.57. The molecule has 20 heavy (non-hydrogen) atoms.